The van der Waals surface area contributed by atoms with E-state index in [9.17, 15) is 9.90 Å². The number of rotatable bonds is 2. The summed E-state index contributed by atoms with van der Waals surface area (Å²) in [7, 11) is 0. The van der Waals surface area contributed by atoms with Crippen LogP contribution in [0.15, 0.2) is 53.5 Å². The number of halogens is 1. The fraction of sp³-hybridized carbons (Fsp3) is 0.167. The summed E-state index contributed by atoms with van der Waals surface area (Å²) < 4.78 is 1.66. The molecule has 0 fully saturated rings. The monoisotopic (exact) mass is 339 g/mol. The second kappa shape index (κ2) is 5.76. The highest BCUT2D eigenvalue weighted by Crippen LogP contribution is 2.33. The largest absolute Gasteiger partial charge is 0.493 e. The number of aromatic nitrogens is 3. The van der Waals surface area contributed by atoms with Crippen LogP contribution in [-0.4, -0.2) is 19.6 Å². The molecule has 120 valence electrons. The lowest BCUT2D eigenvalue weighted by atomic mass is 10.1. The molecule has 1 aliphatic heterocycles. The zero-order valence-corrected chi connectivity index (χ0v) is 13.4. The summed E-state index contributed by atoms with van der Waals surface area (Å²) in [6.07, 6.45) is 3.05. The van der Waals surface area contributed by atoms with Crippen molar-refractivity contribution >= 4 is 11.6 Å². The van der Waals surface area contributed by atoms with E-state index in [1.54, 1.807) is 29.0 Å². The molecule has 0 amide bonds. The molecule has 3 aromatic rings. The number of benzene rings is 1. The average Bonchev–Trinajstić information content (AvgIpc) is 3.00. The number of pyridine rings is 1. The van der Waals surface area contributed by atoms with E-state index in [-0.39, 0.29) is 23.0 Å². The molecule has 5 nitrogen and oxygen atoms in total. The number of aryl methyl sites for hydroxylation is 1. The Kier molecular flexibility index (Phi) is 3.58. The lowest BCUT2D eigenvalue weighted by molar-refractivity contribution is 0.446. The molecule has 0 aliphatic carbocycles. The molecular formula is C18H14ClN3O2. The van der Waals surface area contributed by atoms with Crippen LogP contribution in [0.5, 0.6) is 5.88 Å². The van der Waals surface area contributed by atoms with E-state index >= 15 is 0 Å². The third-order valence-corrected chi connectivity index (χ3v) is 4.54. The van der Waals surface area contributed by atoms with Crippen LogP contribution in [0, 0.1) is 0 Å². The van der Waals surface area contributed by atoms with Gasteiger partial charge in [-0.25, -0.2) is 4.98 Å². The minimum absolute atomic E-state index is 0.146. The second-order valence-electron chi connectivity index (χ2n) is 5.74. The van der Waals surface area contributed by atoms with Gasteiger partial charge in [0.25, 0.3) is 5.56 Å². The smallest absolute Gasteiger partial charge is 0.265 e. The Morgan fingerprint density at radius 3 is 2.67 bits per heavy atom. The van der Waals surface area contributed by atoms with Crippen LogP contribution in [0.25, 0.3) is 11.1 Å². The first-order chi connectivity index (χ1) is 11.6. The topological polar surface area (TPSA) is 68.0 Å². The van der Waals surface area contributed by atoms with E-state index in [0.29, 0.717) is 23.0 Å². The molecule has 24 heavy (non-hydrogen) atoms. The van der Waals surface area contributed by atoms with Gasteiger partial charge in [-0.1, -0.05) is 48.0 Å². The summed E-state index contributed by atoms with van der Waals surface area (Å²) in [6.45, 7) is 0. The lowest BCUT2D eigenvalue weighted by Gasteiger charge is -2.16. The van der Waals surface area contributed by atoms with Crippen LogP contribution in [-0.2, 0) is 6.42 Å². The predicted molar refractivity (Wildman–Crippen MR) is 91.3 cm³/mol. The van der Waals surface area contributed by atoms with Crippen LogP contribution in [0.4, 0.5) is 0 Å². The molecule has 0 spiro atoms. The Hall–Kier alpha value is -2.66. The van der Waals surface area contributed by atoms with Crippen molar-refractivity contribution in [2.75, 3.05) is 0 Å². The Morgan fingerprint density at radius 2 is 1.96 bits per heavy atom. The minimum Gasteiger partial charge on any atom is -0.493 e. The van der Waals surface area contributed by atoms with Crippen molar-refractivity contribution in [3.05, 3.63) is 75.6 Å². The molecule has 0 saturated carbocycles. The molecule has 1 aromatic carbocycles. The molecule has 4 rings (SSSR count). The van der Waals surface area contributed by atoms with Crippen molar-refractivity contribution in [3.8, 4) is 17.0 Å². The number of hydrogen-bond donors (Lipinski definition) is 1. The normalized spacial score (nSPS) is 16.1. The molecular weight excluding hydrogens is 326 g/mol. The van der Waals surface area contributed by atoms with Crippen molar-refractivity contribution in [1.29, 1.82) is 0 Å². The van der Waals surface area contributed by atoms with E-state index in [2.05, 4.69) is 9.97 Å². The number of fused-ring (bicyclic) bond motifs is 1. The van der Waals surface area contributed by atoms with E-state index in [1.807, 2.05) is 24.3 Å². The summed E-state index contributed by atoms with van der Waals surface area (Å²) in [6, 6.07) is 12.5. The minimum atomic E-state index is -0.235. The molecule has 1 N–H and O–H groups in total. The van der Waals surface area contributed by atoms with Crippen LogP contribution >= 0.6 is 11.6 Å². The Morgan fingerprint density at radius 1 is 1.17 bits per heavy atom. The maximum absolute atomic E-state index is 13.0. The predicted octanol–water partition coefficient (Wildman–Crippen LogP) is 3.20. The van der Waals surface area contributed by atoms with Crippen LogP contribution in [0.2, 0.25) is 5.15 Å². The first-order valence-electron chi connectivity index (χ1n) is 7.66. The van der Waals surface area contributed by atoms with Gasteiger partial charge in [0.15, 0.2) is 0 Å². The Bertz CT molecular complexity index is 952. The zero-order valence-electron chi connectivity index (χ0n) is 12.7. The summed E-state index contributed by atoms with van der Waals surface area (Å²) in [5, 5.41) is 10.7. The van der Waals surface area contributed by atoms with Gasteiger partial charge in [0.05, 0.1) is 6.04 Å². The maximum atomic E-state index is 13.0. The van der Waals surface area contributed by atoms with Crippen LogP contribution in [0.1, 0.15) is 23.9 Å². The van der Waals surface area contributed by atoms with Crippen molar-refractivity contribution in [1.82, 2.24) is 14.5 Å². The molecule has 3 heterocycles. The second-order valence-corrected chi connectivity index (χ2v) is 6.12. The Balaban J connectivity index is 1.89. The van der Waals surface area contributed by atoms with E-state index in [0.717, 1.165) is 12.0 Å². The molecule has 1 aliphatic rings. The summed E-state index contributed by atoms with van der Waals surface area (Å²) in [5.41, 5.74) is 1.56. The van der Waals surface area contributed by atoms with Gasteiger partial charge in [-0.05, 0) is 23.6 Å². The average molecular weight is 340 g/mol. The van der Waals surface area contributed by atoms with E-state index in [1.165, 1.54) is 0 Å². The van der Waals surface area contributed by atoms with Gasteiger partial charge in [-0.2, -0.15) is 4.98 Å². The molecule has 1 unspecified atom stereocenters. The maximum Gasteiger partial charge on any atom is 0.265 e. The molecule has 2 aromatic heterocycles. The van der Waals surface area contributed by atoms with Crippen LogP contribution in [0.3, 0.4) is 0 Å². The quantitative estimate of drug-likeness (QED) is 0.728. The van der Waals surface area contributed by atoms with Crippen molar-refractivity contribution < 1.29 is 5.11 Å². The van der Waals surface area contributed by atoms with E-state index < -0.39 is 0 Å². The number of nitrogens with zero attached hydrogens (tertiary/aromatic N) is 3. The van der Waals surface area contributed by atoms with Gasteiger partial charge in [0.1, 0.15) is 16.5 Å². The van der Waals surface area contributed by atoms with Gasteiger partial charge in [0.2, 0.25) is 5.88 Å². The fourth-order valence-electron chi connectivity index (χ4n) is 3.22. The third-order valence-electron chi connectivity index (χ3n) is 4.32. The van der Waals surface area contributed by atoms with Gasteiger partial charge in [0, 0.05) is 12.6 Å². The Labute approximate surface area is 143 Å². The lowest BCUT2D eigenvalue weighted by Crippen LogP contribution is -2.26. The number of hydrogen-bond acceptors (Lipinski definition) is 4. The highest BCUT2D eigenvalue weighted by molar-refractivity contribution is 6.29. The SMILES string of the molecule is O=c1c(-c2ccccc2)c(O)nc2n1C(c1ccc(Cl)nc1)CC2. The van der Waals surface area contributed by atoms with Gasteiger partial charge in [-0.3, -0.25) is 9.36 Å². The first-order valence-corrected chi connectivity index (χ1v) is 8.04. The molecule has 0 bridgehead atoms. The van der Waals surface area contributed by atoms with Crippen molar-refractivity contribution in [2.45, 2.75) is 18.9 Å². The summed E-state index contributed by atoms with van der Waals surface area (Å²) in [5.74, 6) is 0.379. The van der Waals surface area contributed by atoms with E-state index in [4.69, 9.17) is 11.6 Å². The first kappa shape index (κ1) is 14.9. The van der Waals surface area contributed by atoms with Gasteiger partial charge < -0.3 is 5.11 Å². The van der Waals surface area contributed by atoms with Crippen molar-refractivity contribution in [3.63, 3.8) is 0 Å². The third kappa shape index (κ3) is 2.37. The van der Waals surface area contributed by atoms with Crippen LogP contribution < -0.4 is 5.56 Å². The zero-order chi connectivity index (χ0) is 16.7. The molecule has 6 heteroatoms. The molecule has 0 radical (unpaired) electrons. The molecule has 1 atom stereocenters. The fourth-order valence-corrected chi connectivity index (χ4v) is 3.33. The van der Waals surface area contributed by atoms with Crippen molar-refractivity contribution in [2.24, 2.45) is 0 Å². The number of aromatic hydroxyl groups is 1. The van der Waals surface area contributed by atoms with Gasteiger partial charge in [-0.15, -0.1) is 0 Å². The summed E-state index contributed by atoms with van der Waals surface area (Å²) >= 11 is 5.85. The standard InChI is InChI=1S/C18H14ClN3O2/c19-14-8-6-12(10-20-14)13-7-9-15-21-17(23)16(18(24)22(13)15)11-4-2-1-3-5-11/h1-6,8,10,13,23H,7,9H2. The highest BCUT2D eigenvalue weighted by atomic mass is 35.5. The van der Waals surface area contributed by atoms with Gasteiger partial charge >= 0.3 is 0 Å². The summed E-state index contributed by atoms with van der Waals surface area (Å²) in [4.78, 5) is 21.4. The molecule has 0 saturated heterocycles. The highest BCUT2D eigenvalue weighted by Gasteiger charge is 2.29.